The number of anilines is 2. The summed E-state index contributed by atoms with van der Waals surface area (Å²) in [5.74, 6) is 0.789. The Bertz CT molecular complexity index is 517. The smallest absolute Gasteiger partial charge is 0.152 e. The summed E-state index contributed by atoms with van der Waals surface area (Å²) >= 11 is 4.83. The first kappa shape index (κ1) is 11.5. The first-order valence-electron chi connectivity index (χ1n) is 5.25. The molecule has 2 heterocycles. The quantitative estimate of drug-likeness (QED) is 0.804. The Labute approximate surface area is 105 Å². The zero-order valence-corrected chi connectivity index (χ0v) is 10.2. The van der Waals surface area contributed by atoms with E-state index in [1.54, 1.807) is 12.3 Å². The van der Waals surface area contributed by atoms with Gasteiger partial charge in [0.1, 0.15) is 4.99 Å². The third-order valence-corrected chi connectivity index (χ3v) is 2.46. The topological polar surface area (TPSA) is 68.8 Å². The van der Waals surface area contributed by atoms with Gasteiger partial charge in [-0.2, -0.15) is 5.10 Å². The molecule has 2 aromatic rings. The van der Waals surface area contributed by atoms with Gasteiger partial charge in [-0.25, -0.2) is 0 Å². The van der Waals surface area contributed by atoms with Crippen molar-refractivity contribution in [3.05, 3.63) is 36.3 Å². The van der Waals surface area contributed by atoms with Gasteiger partial charge >= 0.3 is 0 Å². The van der Waals surface area contributed by atoms with Gasteiger partial charge in [-0.3, -0.25) is 9.67 Å². The third-order valence-electron chi connectivity index (χ3n) is 2.25. The first-order chi connectivity index (χ1) is 8.19. The van der Waals surface area contributed by atoms with Gasteiger partial charge in [0.05, 0.1) is 17.6 Å². The minimum absolute atomic E-state index is 0.298. The molecule has 0 aliphatic rings. The van der Waals surface area contributed by atoms with E-state index in [-0.39, 0.29) is 0 Å². The number of aromatic nitrogens is 3. The maximum absolute atomic E-state index is 5.47. The summed E-state index contributed by atoms with van der Waals surface area (Å²) < 4.78 is 1.85. The first-order valence-corrected chi connectivity index (χ1v) is 5.66. The molecule has 17 heavy (non-hydrogen) atoms. The zero-order chi connectivity index (χ0) is 12.3. The van der Waals surface area contributed by atoms with Crippen molar-refractivity contribution < 1.29 is 0 Å². The summed E-state index contributed by atoms with van der Waals surface area (Å²) in [4.78, 5) is 4.44. The van der Waals surface area contributed by atoms with Crippen molar-refractivity contribution >= 4 is 28.7 Å². The number of pyridine rings is 1. The molecule has 0 fully saturated rings. The lowest BCUT2D eigenvalue weighted by Gasteiger charge is -2.03. The van der Waals surface area contributed by atoms with Crippen molar-refractivity contribution in [3.63, 3.8) is 0 Å². The van der Waals surface area contributed by atoms with Crippen molar-refractivity contribution in [3.8, 4) is 0 Å². The standard InChI is InChI=1S/C11H13N5S/c1-2-16-6-5-10(15-16)14-8-3-4-9(11(12)17)13-7-8/h3-7H,2H2,1H3,(H2,12,17)(H,14,15). The lowest BCUT2D eigenvalue weighted by molar-refractivity contribution is 0.662. The van der Waals surface area contributed by atoms with E-state index in [2.05, 4.69) is 15.4 Å². The Morgan fingerprint density at radius 3 is 2.82 bits per heavy atom. The Kier molecular flexibility index (Phi) is 3.34. The van der Waals surface area contributed by atoms with Gasteiger partial charge in [-0.1, -0.05) is 12.2 Å². The molecular formula is C11H13N5S. The van der Waals surface area contributed by atoms with E-state index in [1.165, 1.54) is 0 Å². The van der Waals surface area contributed by atoms with Crippen molar-refractivity contribution in [1.82, 2.24) is 14.8 Å². The highest BCUT2D eigenvalue weighted by Gasteiger charge is 2.01. The molecule has 0 aliphatic carbocycles. The van der Waals surface area contributed by atoms with Crippen LogP contribution < -0.4 is 11.1 Å². The van der Waals surface area contributed by atoms with Gasteiger partial charge in [0.25, 0.3) is 0 Å². The molecule has 0 aliphatic heterocycles. The molecule has 0 bridgehead atoms. The second kappa shape index (κ2) is 4.92. The summed E-state index contributed by atoms with van der Waals surface area (Å²) in [7, 11) is 0. The molecule has 0 unspecified atom stereocenters. The van der Waals surface area contributed by atoms with Crippen molar-refractivity contribution in [1.29, 1.82) is 0 Å². The minimum Gasteiger partial charge on any atom is -0.388 e. The minimum atomic E-state index is 0.298. The molecule has 3 N–H and O–H groups in total. The van der Waals surface area contributed by atoms with E-state index in [0.717, 1.165) is 18.1 Å². The van der Waals surface area contributed by atoms with Crippen LogP contribution in [-0.4, -0.2) is 19.8 Å². The maximum Gasteiger partial charge on any atom is 0.152 e. The number of nitrogens with two attached hydrogens (primary N) is 1. The Morgan fingerprint density at radius 1 is 1.47 bits per heavy atom. The van der Waals surface area contributed by atoms with Crippen LogP contribution in [0.3, 0.4) is 0 Å². The van der Waals surface area contributed by atoms with Crippen LogP contribution in [0.5, 0.6) is 0 Å². The van der Waals surface area contributed by atoms with Gasteiger partial charge in [0.15, 0.2) is 5.82 Å². The van der Waals surface area contributed by atoms with Gasteiger partial charge in [-0.15, -0.1) is 0 Å². The summed E-state index contributed by atoms with van der Waals surface area (Å²) in [5.41, 5.74) is 6.94. The van der Waals surface area contributed by atoms with Gasteiger partial charge < -0.3 is 11.1 Å². The van der Waals surface area contributed by atoms with E-state index < -0.39 is 0 Å². The molecule has 0 saturated carbocycles. The second-order valence-electron chi connectivity index (χ2n) is 3.48. The van der Waals surface area contributed by atoms with E-state index in [0.29, 0.717) is 10.7 Å². The van der Waals surface area contributed by atoms with Gasteiger partial charge in [0.2, 0.25) is 0 Å². The molecule has 0 aromatic carbocycles. The van der Waals surface area contributed by atoms with Crippen LogP contribution in [0.1, 0.15) is 12.6 Å². The molecule has 0 spiro atoms. The number of aryl methyl sites for hydroxylation is 1. The zero-order valence-electron chi connectivity index (χ0n) is 9.42. The Hall–Kier alpha value is -1.95. The molecular weight excluding hydrogens is 234 g/mol. The van der Waals surface area contributed by atoms with Crippen molar-refractivity contribution in [2.24, 2.45) is 5.73 Å². The van der Waals surface area contributed by atoms with Crippen LogP contribution in [0.4, 0.5) is 11.5 Å². The van der Waals surface area contributed by atoms with Crippen LogP contribution >= 0.6 is 12.2 Å². The highest BCUT2D eigenvalue weighted by molar-refractivity contribution is 7.80. The predicted octanol–water partition coefficient (Wildman–Crippen LogP) is 1.68. The summed E-state index contributed by atoms with van der Waals surface area (Å²) in [5, 5.41) is 7.46. The second-order valence-corrected chi connectivity index (χ2v) is 3.92. The summed E-state index contributed by atoms with van der Waals surface area (Å²) in [6, 6.07) is 5.55. The van der Waals surface area contributed by atoms with Crippen molar-refractivity contribution in [2.45, 2.75) is 13.5 Å². The number of hydrogen-bond acceptors (Lipinski definition) is 4. The highest BCUT2D eigenvalue weighted by Crippen LogP contribution is 2.13. The average molecular weight is 247 g/mol. The maximum atomic E-state index is 5.47. The van der Waals surface area contributed by atoms with E-state index in [9.17, 15) is 0 Å². The van der Waals surface area contributed by atoms with Gasteiger partial charge in [-0.05, 0) is 19.1 Å². The molecule has 6 heteroatoms. The normalized spacial score (nSPS) is 10.2. The SMILES string of the molecule is CCn1ccc(Nc2ccc(C(N)=S)nc2)n1. The van der Waals surface area contributed by atoms with Crippen LogP contribution in [-0.2, 0) is 6.54 Å². The van der Waals surface area contributed by atoms with Crippen LogP contribution in [0.25, 0.3) is 0 Å². The monoisotopic (exact) mass is 247 g/mol. The third kappa shape index (κ3) is 2.79. The fourth-order valence-electron chi connectivity index (χ4n) is 1.37. The van der Waals surface area contributed by atoms with E-state index >= 15 is 0 Å². The molecule has 0 atom stereocenters. The molecule has 0 radical (unpaired) electrons. The molecule has 2 aromatic heterocycles. The lowest BCUT2D eigenvalue weighted by Crippen LogP contribution is -2.11. The average Bonchev–Trinajstić information content (AvgIpc) is 2.77. The fourth-order valence-corrected chi connectivity index (χ4v) is 1.49. The number of hydrogen-bond donors (Lipinski definition) is 2. The summed E-state index contributed by atoms with van der Waals surface area (Å²) in [6.45, 7) is 2.88. The molecule has 0 saturated heterocycles. The van der Waals surface area contributed by atoms with Gasteiger partial charge in [0, 0.05) is 18.8 Å². The van der Waals surface area contributed by atoms with Crippen LogP contribution in [0.15, 0.2) is 30.6 Å². The largest absolute Gasteiger partial charge is 0.388 e. The predicted molar refractivity (Wildman–Crippen MR) is 71.3 cm³/mol. The number of thiocarbonyl (C=S) groups is 1. The number of rotatable bonds is 4. The highest BCUT2D eigenvalue weighted by atomic mass is 32.1. The van der Waals surface area contributed by atoms with E-state index in [1.807, 2.05) is 29.9 Å². The Balaban J connectivity index is 2.10. The number of nitrogens with zero attached hydrogens (tertiary/aromatic N) is 3. The van der Waals surface area contributed by atoms with E-state index in [4.69, 9.17) is 18.0 Å². The fraction of sp³-hybridized carbons (Fsp3) is 0.182. The molecule has 5 nitrogen and oxygen atoms in total. The van der Waals surface area contributed by atoms with Crippen LogP contribution in [0, 0.1) is 0 Å². The molecule has 0 amide bonds. The Morgan fingerprint density at radius 2 is 2.29 bits per heavy atom. The molecule has 2 rings (SSSR count). The molecule has 88 valence electrons. The van der Waals surface area contributed by atoms with Crippen molar-refractivity contribution in [2.75, 3.05) is 5.32 Å². The lowest BCUT2D eigenvalue weighted by atomic mass is 10.3. The summed E-state index contributed by atoms with van der Waals surface area (Å²) in [6.07, 6.45) is 3.60. The van der Waals surface area contributed by atoms with Crippen LogP contribution in [0.2, 0.25) is 0 Å². The number of nitrogens with one attached hydrogen (secondary N) is 1.